The maximum atomic E-state index is 11.8. The normalized spacial score (nSPS) is 18.9. The van der Waals surface area contributed by atoms with Gasteiger partial charge in [0.2, 0.25) is 5.91 Å². The van der Waals surface area contributed by atoms with Crippen molar-refractivity contribution in [2.45, 2.75) is 64.2 Å². The fourth-order valence-corrected chi connectivity index (χ4v) is 2.71. The third-order valence-corrected chi connectivity index (χ3v) is 3.77. The molecule has 4 heteroatoms. The van der Waals surface area contributed by atoms with E-state index in [1.54, 1.807) is 14.2 Å². The topological polar surface area (TPSA) is 47.6 Å². The molecule has 1 aliphatic rings. The summed E-state index contributed by atoms with van der Waals surface area (Å²) < 4.78 is 10.2. The standard InChI is InChI=1S/C14H27NO3/c1-11(14(17-2)18-3)15-13(16)10-9-12-7-5-4-6-8-12/h11-12,14H,4-10H2,1-3H3,(H,15,16). The van der Waals surface area contributed by atoms with E-state index in [2.05, 4.69) is 5.32 Å². The molecule has 4 nitrogen and oxygen atoms in total. The Hall–Kier alpha value is -0.610. The molecule has 1 saturated carbocycles. The van der Waals surface area contributed by atoms with Crippen LogP contribution in [0.25, 0.3) is 0 Å². The lowest BCUT2D eigenvalue weighted by Gasteiger charge is -2.24. The second-order valence-electron chi connectivity index (χ2n) is 5.24. The van der Waals surface area contributed by atoms with Gasteiger partial charge in [-0.1, -0.05) is 32.1 Å². The van der Waals surface area contributed by atoms with Crippen molar-refractivity contribution in [2.75, 3.05) is 14.2 Å². The zero-order valence-corrected chi connectivity index (χ0v) is 11.9. The number of nitrogens with one attached hydrogen (secondary N) is 1. The van der Waals surface area contributed by atoms with Crippen molar-refractivity contribution in [1.82, 2.24) is 5.32 Å². The fraction of sp³-hybridized carbons (Fsp3) is 0.929. The zero-order valence-electron chi connectivity index (χ0n) is 11.9. The van der Waals surface area contributed by atoms with Crippen LogP contribution in [0, 0.1) is 5.92 Å². The molecule has 1 N–H and O–H groups in total. The summed E-state index contributed by atoms with van der Waals surface area (Å²) in [5.41, 5.74) is 0. The predicted molar refractivity (Wildman–Crippen MR) is 71.2 cm³/mol. The smallest absolute Gasteiger partial charge is 0.220 e. The Morgan fingerprint density at radius 2 is 1.83 bits per heavy atom. The van der Waals surface area contributed by atoms with E-state index in [9.17, 15) is 4.79 Å². The molecule has 0 aromatic rings. The third kappa shape index (κ3) is 5.36. The lowest BCUT2D eigenvalue weighted by Crippen LogP contribution is -2.43. The summed E-state index contributed by atoms with van der Waals surface area (Å²) in [5.74, 6) is 0.854. The minimum absolute atomic E-state index is 0.104. The van der Waals surface area contributed by atoms with E-state index in [-0.39, 0.29) is 18.2 Å². The molecule has 1 atom stereocenters. The molecule has 0 heterocycles. The molecule has 1 aliphatic carbocycles. The number of hydrogen-bond donors (Lipinski definition) is 1. The van der Waals surface area contributed by atoms with E-state index in [1.807, 2.05) is 6.92 Å². The van der Waals surface area contributed by atoms with Gasteiger partial charge in [-0.3, -0.25) is 4.79 Å². The molecule has 1 fully saturated rings. The number of ether oxygens (including phenoxy) is 2. The van der Waals surface area contributed by atoms with Crippen molar-refractivity contribution in [3.8, 4) is 0 Å². The second kappa shape index (κ2) is 8.48. The molecule has 106 valence electrons. The van der Waals surface area contributed by atoms with Crippen LogP contribution in [0.4, 0.5) is 0 Å². The molecule has 0 spiro atoms. The highest BCUT2D eigenvalue weighted by Gasteiger charge is 2.19. The van der Waals surface area contributed by atoms with Crippen LogP contribution in [0.3, 0.4) is 0 Å². The van der Waals surface area contributed by atoms with Crippen molar-refractivity contribution >= 4 is 5.91 Å². The molecule has 0 bridgehead atoms. The van der Waals surface area contributed by atoms with Crippen LogP contribution in [0.5, 0.6) is 0 Å². The van der Waals surface area contributed by atoms with Crippen molar-refractivity contribution in [1.29, 1.82) is 0 Å². The Bertz CT molecular complexity index is 235. The van der Waals surface area contributed by atoms with Gasteiger partial charge in [0, 0.05) is 20.6 Å². The van der Waals surface area contributed by atoms with Crippen molar-refractivity contribution in [3.05, 3.63) is 0 Å². The summed E-state index contributed by atoms with van der Waals surface area (Å²) in [7, 11) is 3.16. The number of carbonyl (C=O) groups is 1. The van der Waals surface area contributed by atoms with E-state index in [4.69, 9.17) is 9.47 Å². The van der Waals surface area contributed by atoms with Gasteiger partial charge in [-0.25, -0.2) is 0 Å². The molecule has 0 saturated heterocycles. The van der Waals surface area contributed by atoms with Gasteiger partial charge in [0.25, 0.3) is 0 Å². The minimum atomic E-state index is -0.372. The molecule has 1 unspecified atom stereocenters. The Morgan fingerprint density at radius 3 is 2.39 bits per heavy atom. The fourth-order valence-electron chi connectivity index (χ4n) is 2.71. The van der Waals surface area contributed by atoms with Crippen LogP contribution in [0.15, 0.2) is 0 Å². The van der Waals surface area contributed by atoms with Gasteiger partial charge in [0.05, 0.1) is 6.04 Å². The maximum Gasteiger partial charge on any atom is 0.220 e. The Labute approximate surface area is 110 Å². The van der Waals surface area contributed by atoms with E-state index in [0.29, 0.717) is 6.42 Å². The van der Waals surface area contributed by atoms with Crippen molar-refractivity contribution in [2.24, 2.45) is 5.92 Å². The summed E-state index contributed by atoms with van der Waals surface area (Å²) in [6.45, 7) is 1.90. The largest absolute Gasteiger partial charge is 0.354 e. The first kappa shape index (κ1) is 15.4. The first-order chi connectivity index (χ1) is 8.67. The maximum absolute atomic E-state index is 11.8. The average Bonchev–Trinajstić information content (AvgIpc) is 2.39. The first-order valence-corrected chi connectivity index (χ1v) is 7.02. The quantitative estimate of drug-likeness (QED) is 0.713. The number of carbonyl (C=O) groups excluding carboxylic acids is 1. The highest BCUT2D eigenvalue weighted by Crippen LogP contribution is 2.27. The SMILES string of the molecule is COC(OC)C(C)NC(=O)CCC1CCCCC1. The van der Waals surface area contributed by atoms with Gasteiger partial charge in [0.1, 0.15) is 0 Å². The average molecular weight is 257 g/mol. The van der Waals surface area contributed by atoms with E-state index >= 15 is 0 Å². The molecule has 1 amide bonds. The third-order valence-electron chi connectivity index (χ3n) is 3.77. The Balaban J connectivity index is 2.19. The van der Waals surface area contributed by atoms with Gasteiger partial charge in [0.15, 0.2) is 6.29 Å². The van der Waals surface area contributed by atoms with E-state index < -0.39 is 0 Å². The van der Waals surface area contributed by atoms with Crippen LogP contribution < -0.4 is 5.32 Å². The van der Waals surface area contributed by atoms with Gasteiger partial charge < -0.3 is 14.8 Å². The Kier molecular flexibility index (Phi) is 7.28. The lowest BCUT2D eigenvalue weighted by molar-refractivity contribution is -0.136. The van der Waals surface area contributed by atoms with Crippen LogP contribution in [-0.4, -0.2) is 32.5 Å². The van der Waals surface area contributed by atoms with Gasteiger partial charge in [-0.15, -0.1) is 0 Å². The van der Waals surface area contributed by atoms with E-state index in [1.165, 1.54) is 32.1 Å². The monoisotopic (exact) mass is 257 g/mol. The van der Waals surface area contributed by atoms with E-state index in [0.717, 1.165) is 12.3 Å². The second-order valence-corrected chi connectivity index (χ2v) is 5.24. The minimum Gasteiger partial charge on any atom is -0.354 e. The first-order valence-electron chi connectivity index (χ1n) is 7.02. The molecule has 0 aliphatic heterocycles. The van der Waals surface area contributed by atoms with Crippen LogP contribution >= 0.6 is 0 Å². The lowest BCUT2D eigenvalue weighted by atomic mass is 9.86. The van der Waals surface area contributed by atoms with Crippen molar-refractivity contribution in [3.63, 3.8) is 0 Å². The van der Waals surface area contributed by atoms with Gasteiger partial charge >= 0.3 is 0 Å². The molecule has 18 heavy (non-hydrogen) atoms. The predicted octanol–water partition coefficient (Wildman–Crippen LogP) is 2.47. The molecular weight excluding hydrogens is 230 g/mol. The number of rotatable bonds is 7. The number of amides is 1. The molecule has 0 aromatic heterocycles. The van der Waals surface area contributed by atoms with Gasteiger partial charge in [-0.2, -0.15) is 0 Å². The van der Waals surface area contributed by atoms with Gasteiger partial charge in [-0.05, 0) is 19.3 Å². The number of hydrogen-bond acceptors (Lipinski definition) is 3. The molecule has 0 radical (unpaired) electrons. The highest BCUT2D eigenvalue weighted by atomic mass is 16.7. The zero-order chi connectivity index (χ0) is 13.4. The summed E-state index contributed by atoms with van der Waals surface area (Å²) in [6.07, 6.45) is 7.88. The van der Waals surface area contributed by atoms with Crippen molar-refractivity contribution < 1.29 is 14.3 Å². The summed E-state index contributed by atoms with van der Waals surface area (Å²) >= 11 is 0. The summed E-state index contributed by atoms with van der Waals surface area (Å²) in [6, 6.07) is -0.112. The Morgan fingerprint density at radius 1 is 1.22 bits per heavy atom. The highest BCUT2D eigenvalue weighted by molar-refractivity contribution is 5.76. The van der Waals surface area contributed by atoms with Crippen LogP contribution in [-0.2, 0) is 14.3 Å². The van der Waals surface area contributed by atoms with Crippen LogP contribution in [0.1, 0.15) is 51.9 Å². The summed E-state index contributed by atoms with van der Waals surface area (Å²) in [4.78, 5) is 11.8. The summed E-state index contributed by atoms with van der Waals surface area (Å²) in [5, 5.41) is 2.93. The van der Waals surface area contributed by atoms with Crippen LogP contribution in [0.2, 0.25) is 0 Å². The number of methoxy groups -OCH3 is 2. The molecular formula is C14H27NO3. The molecule has 0 aromatic carbocycles. The molecule has 1 rings (SSSR count).